The molecule has 5 nitrogen and oxygen atoms in total. The number of rotatable bonds is 5. The van der Waals surface area contributed by atoms with Gasteiger partial charge in [0.15, 0.2) is 4.47 Å². The van der Waals surface area contributed by atoms with Crippen LogP contribution in [-0.4, -0.2) is 46.2 Å². The van der Waals surface area contributed by atoms with Gasteiger partial charge in [-0.25, -0.2) is 4.98 Å². The van der Waals surface area contributed by atoms with E-state index in [9.17, 15) is 0 Å². The number of morpholine rings is 1. The molecule has 1 spiro atoms. The number of aromatic nitrogens is 2. The summed E-state index contributed by atoms with van der Waals surface area (Å²) in [6.45, 7) is 4.47. The lowest BCUT2D eigenvalue weighted by molar-refractivity contribution is -0.145. The Morgan fingerprint density at radius 2 is 2.35 bits per heavy atom. The second-order valence-electron chi connectivity index (χ2n) is 7.24. The van der Waals surface area contributed by atoms with Crippen molar-refractivity contribution in [2.75, 3.05) is 19.7 Å². The maximum atomic E-state index is 6.42. The Kier molecular flexibility index (Phi) is 5.86. The van der Waals surface area contributed by atoms with Gasteiger partial charge in [-0.1, -0.05) is 30.5 Å². The summed E-state index contributed by atoms with van der Waals surface area (Å²) in [6.07, 6.45) is 10.4. The van der Waals surface area contributed by atoms with E-state index in [2.05, 4.69) is 26.3 Å². The molecule has 1 aliphatic carbocycles. The first-order chi connectivity index (χ1) is 12.7. The highest BCUT2D eigenvalue weighted by atomic mass is 35.5. The molecule has 4 rings (SSSR count). The summed E-state index contributed by atoms with van der Waals surface area (Å²) in [5.41, 5.74) is 1.13. The Labute approximate surface area is 163 Å². The first kappa shape index (κ1) is 18.3. The number of hydrogen-bond donors (Lipinski definition) is 1. The van der Waals surface area contributed by atoms with E-state index in [1.165, 1.54) is 29.7 Å². The maximum Gasteiger partial charge on any atom is 0.183 e. The van der Waals surface area contributed by atoms with Gasteiger partial charge in [0.1, 0.15) is 0 Å². The molecule has 2 aromatic heterocycles. The average Bonchev–Trinajstić information content (AvgIpc) is 3.07. The van der Waals surface area contributed by atoms with Crippen LogP contribution in [-0.2, 0) is 17.8 Å². The summed E-state index contributed by atoms with van der Waals surface area (Å²) in [7, 11) is 0. The second kappa shape index (κ2) is 8.31. The highest BCUT2D eigenvalue weighted by Crippen LogP contribution is 2.36. The minimum atomic E-state index is -0.0901. The second-order valence-corrected chi connectivity index (χ2v) is 8.94. The highest BCUT2D eigenvalue weighted by Gasteiger charge is 2.44. The van der Waals surface area contributed by atoms with Crippen molar-refractivity contribution in [3.05, 3.63) is 45.6 Å². The van der Waals surface area contributed by atoms with Crippen molar-refractivity contribution in [2.45, 2.75) is 50.4 Å². The molecule has 0 radical (unpaired) electrons. The van der Waals surface area contributed by atoms with Crippen molar-refractivity contribution >= 4 is 22.9 Å². The number of nitrogens with one attached hydrogen (secondary N) is 1. The first-order valence-corrected chi connectivity index (χ1v) is 10.5. The van der Waals surface area contributed by atoms with Crippen LogP contribution in [0.4, 0.5) is 0 Å². The lowest BCUT2D eigenvalue weighted by Gasteiger charge is -2.50. The number of hydrogen-bond acceptors (Lipinski definition) is 6. The summed E-state index contributed by atoms with van der Waals surface area (Å²) in [5.74, 6) is 0. The van der Waals surface area contributed by atoms with Gasteiger partial charge >= 0.3 is 0 Å². The van der Waals surface area contributed by atoms with Crippen LogP contribution in [0.1, 0.15) is 36.1 Å². The van der Waals surface area contributed by atoms with E-state index in [1.807, 2.05) is 24.7 Å². The number of nitrogens with zero attached hydrogens (tertiary/aromatic N) is 3. The minimum Gasteiger partial charge on any atom is -0.371 e. The van der Waals surface area contributed by atoms with E-state index >= 15 is 0 Å². The third kappa shape index (κ3) is 4.26. The molecule has 0 unspecified atom stereocenters. The van der Waals surface area contributed by atoms with Gasteiger partial charge in [-0.2, -0.15) is 0 Å². The van der Waals surface area contributed by atoms with Gasteiger partial charge in [0.2, 0.25) is 0 Å². The zero-order chi connectivity index (χ0) is 17.8. The predicted molar refractivity (Wildman–Crippen MR) is 104 cm³/mol. The van der Waals surface area contributed by atoms with Gasteiger partial charge in [0.25, 0.3) is 0 Å². The summed E-state index contributed by atoms with van der Waals surface area (Å²) < 4.78 is 7.04. The number of halogens is 1. The third-order valence-electron chi connectivity index (χ3n) is 5.45. The SMILES string of the molecule is Clc1ncc(CN2CCO[C@@]3(CCCC[C@@H]3NCc3cccnc3)C2)s1. The Morgan fingerprint density at radius 1 is 1.38 bits per heavy atom. The number of ether oxygens (including phenoxy) is 1. The standard InChI is InChI=1S/C19H25ClN4OS/c20-18-23-12-16(26-18)13-24-8-9-25-19(14-24)6-2-1-5-17(19)22-11-15-4-3-7-21-10-15/h3-4,7,10,12,17,22H,1-2,5-6,8-9,11,13-14H2/t17-,19-/m0/s1. The summed E-state index contributed by atoms with van der Waals surface area (Å²) in [5, 5.41) is 3.76. The fourth-order valence-corrected chi connectivity index (χ4v) is 5.22. The Morgan fingerprint density at radius 3 is 3.15 bits per heavy atom. The zero-order valence-electron chi connectivity index (χ0n) is 14.9. The van der Waals surface area contributed by atoms with Crippen LogP contribution in [0, 0.1) is 0 Å². The molecule has 1 aliphatic heterocycles. The van der Waals surface area contributed by atoms with Crippen molar-refractivity contribution in [3.63, 3.8) is 0 Å². The molecule has 2 fully saturated rings. The fraction of sp³-hybridized carbons (Fsp3) is 0.579. The van der Waals surface area contributed by atoms with Crippen LogP contribution in [0.3, 0.4) is 0 Å². The Hall–Kier alpha value is -1.05. The molecular formula is C19H25ClN4OS. The van der Waals surface area contributed by atoms with Crippen LogP contribution in [0.2, 0.25) is 4.47 Å². The lowest BCUT2D eigenvalue weighted by atomic mass is 9.78. The van der Waals surface area contributed by atoms with Gasteiger partial charge in [0, 0.05) is 55.7 Å². The van der Waals surface area contributed by atoms with Crippen LogP contribution in [0.5, 0.6) is 0 Å². The van der Waals surface area contributed by atoms with E-state index in [4.69, 9.17) is 16.3 Å². The van der Waals surface area contributed by atoms with Crippen LogP contribution < -0.4 is 5.32 Å². The van der Waals surface area contributed by atoms with Gasteiger partial charge < -0.3 is 10.1 Å². The molecule has 0 amide bonds. The highest BCUT2D eigenvalue weighted by molar-refractivity contribution is 7.15. The van der Waals surface area contributed by atoms with Crippen LogP contribution >= 0.6 is 22.9 Å². The molecule has 0 bridgehead atoms. The topological polar surface area (TPSA) is 50.3 Å². The maximum absolute atomic E-state index is 6.42. The molecule has 1 saturated heterocycles. The molecule has 1 saturated carbocycles. The molecule has 26 heavy (non-hydrogen) atoms. The van der Waals surface area contributed by atoms with Crippen molar-refractivity contribution < 1.29 is 4.74 Å². The molecular weight excluding hydrogens is 368 g/mol. The predicted octanol–water partition coefficient (Wildman–Crippen LogP) is 3.49. The monoisotopic (exact) mass is 392 g/mol. The molecule has 1 N–H and O–H groups in total. The molecule has 2 atom stereocenters. The number of thiazole rings is 1. The summed E-state index contributed by atoms with van der Waals surface area (Å²) >= 11 is 7.57. The van der Waals surface area contributed by atoms with Crippen molar-refractivity contribution in [1.82, 2.24) is 20.2 Å². The Balaban J connectivity index is 1.42. The van der Waals surface area contributed by atoms with Gasteiger partial charge in [-0.3, -0.25) is 9.88 Å². The minimum absolute atomic E-state index is 0.0901. The molecule has 2 aromatic rings. The molecule has 3 heterocycles. The average molecular weight is 393 g/mol. The van der Waals surface area contributed by atoms with Crippen LogP contribution in [0.15, 0.2) is 30.7 Å². The van der Waals surface area contributed by atoms with E-state index in [1.54, 1.807) is 11.3 Å². The van der Waals surface area contributed by atoms with Gasteiger partial charge in [0.05, 0.1) is 12.2 Å². The Bertz CT molecular complexity index is 709. The molecule has 0 aromatic carbocycles. The third-order valence-corrected chi connectivity index (χ3v) is 6.55. The zero-order valence-corrected chi connectivity index (χ0v) is 16.4. The fourth-order valence-electron chi connectivity index (χ4n) is 4.20. The smallest absolute Gasteiger partial charge is 0.183 e. The van der Waals surface area contributed by atoms with Crippen molar-refractivity contribution in [1.29, 1.82) is 0 Å². The van der Waals surface area contributed by atoms with Crippen LogP contribution in [0.25, 0.3) is 0 Å². The lowest BCUT2D eigenvalue weighted by Crippen LogP contribution is -2.63. The quantitative estimate of drug-likeness (QED) is 0.843. The summed E-state index contributed by atoms with van der Waals surface area (Å²) in [4.78, 5) is 12.1. The molecule has 2 aliphatic rings. The number of pyridine rings is 1. The normalized spacial score (nSPS) is 27.0. The van der Waals surface area contributed by atoms with E-state index in [-0.39, 0.29) is 5.60 Å². The van der Waals surface area contributed by atoms with Gasteiger partial charge in [-0.05, 0) is 24.5 Å². The van der Waals surface area contributed by atoms with E-state index < -0.39 is 0 Å². The van der Waals surface area contributed by atoms with Crippen molar-refractivity contribution in [2.24, 2.45) is 0 Å². The van der Waals surface area contributed by atoms with E-state index in [0.717, 1.165) is 39.2 Å². The molecule has 7 heteroatoms. The summed E-state index contributed by atoms with van der Waals surface area (Å²) in [6, 6.07) is 4.49. The van der Waals surface area contributed by atoms with Crippen molar-refractivity contribution in [3.8, 4) is 0 Å². The van der Waals surface area contributed by atoms with E-state index in [0.29, 0.717) is 10.5 Å². The molecule has 140 valence electrons. The first-order valence-electron chi connectivity index (χ1n) is 9.32. The van der Waals surface area contributed by atoms with Gasteiger partial charge in [-0.15, -0.1) is 11.3 Å². The largest absolute Gasteiger partial charge is 0.371 e.